The van der Waals surface area contributed by atoms with Crippen molar-refractivity contribution in [3.05, 3.63) is 58.1 Å². The third kappa shape index (κ3) is 4.77. The lowest BCUT2D eigenvalue weighted by molar-refractivity contribution is -0.151. The number of rotatable bonds is 5. The zero-order valence-electron chi connectivity index (χ0n) is 16.6. The Balaban J connectivity index is 1.56. The summed E-state index contributed by atoms with van der Waals surface area (Å²) in [7, 11) is 0. The van der Waals surface area contributed by atoms with Gasteiger partial charge in [0, 0.05) is 29.4 Å². The number of hydrogen-bond acceptors (Lipinski definition) is 4. The first-order valence-corrected chi connectivity index (χ1v) is 9.73. The van der Waals surface area contributed by atoms with Crippen molar-refractivity contribution in [3.8, 4) is 0 Å². The Morgan fingerprint density at radius 3 is 2.66 bits per heavy atom. The van der Waals surface area contributed by atoms with Crippen molar-refractivity contribution >= 4 is 40.8 Å². The Morgan fingerprint density at radius 1 is 1.17 bits per heavy atom. The number of aryl methyl sites for hydroxylation is 2. The van der Waals surface area contributed by atoms with E-state index in [4.69, 9.17) is 16.3 Å². The summed E-state index contributed by atoms with van der Waals surface area (Å²) in [5, 5.41) is 3.30. The molecule has 1 saturated heterocycles. The highest BCUT2D eigenvalue weighted by Crippen LogP contribution is 2.29. The SMILES string of the molecule is Cc1ccc(N2C[C@H](C(=O)OCC(=O)Nc3cccc(C)c3C)CC2=O)cc1Cl. The van der Waals surface area contributed by atoms with Gasteiger partial charge >= 0.3 is 5.97 Å². The Hall–Kier alpha value is -2.86. The number of esters is 1. The van der Waals surface area contributed by atoms with Gasteiger partial charge in [0.05, 0.1) is 5.92 Å². The van der Waals surface area contributed by atoms with Crippen LogP contribution in [-0.4, -0.2) is 30.9 Å². The minimum atomic E-state index is -0.615. The lowest BCUT2D eigenvalue weighted by atomic mass is 10.1. The van der Waals surface area contributed by atoms with E-state index in [0.29, 0.717) is 16.4 Å². The van der Waals surface area contributed by atoms with Crippen LogP contribution >= 0.6 is 11.6 Å². The fraction of sp³-hybridized carbons (Fsp3) is 0.318. The number of halogens is 1. The van der Waals surface area contributed by atoms with E-state index in [9.17, 15) is 14.4 Å². The molecule has 0 bridgehead atoms. The molecule has 0 aliphatic carbocycles. The molecule has 1 fully saturated rings. The van der Waals surface area contributed by atoms with Crippen molar-refractivity contribution < 1.29 is 19.1 Å². The molecule has 0 unspecified atom stereocenters. The number of nitrogens with one attached hydrogen (secondary N) is 1. The van der Waals surface area contributed by atoms with Crippen LogP contribution in [0.2, 0.25) is 5.02 Å². The number of hydrogen-bond donors (Lipinski definition) is 1. The van der Waals surface area contributed by atoms with Gasteiger partial charge in [-0.05, 0) is 55.7 Å². The summed E-state index contributed by atoms with van der Waals surface area (Å²) in [5.41, 5.74) is 4.26. The van der Waals surface area contributed by atoms with Crippen LogP contribution < -0.4 is 10.2 Å². The molecule has 152 valence electrons. The van der Waals surface area contributed by atoms with Crippen molar-refractivity contribution in [1.82, 2.24) is 0 Å². The van der Waals surface area contributed by atoms with Crippen LogP contribution in [0.5, 0.6) is 0 Å². The highest BCUT2D eigenvalue weighted by molar-refractivity contribution is 6.31. The Bertz CT molecular complexity index is 973. The van der Waals surface area contributed by atoms with E-state index in [1.807, 2.05) is 39.0 Å². The predicted octanol–water partition coefficient (Wildman–Crippen LogP) is 3.80. The number of carbonyl (C=O) groups excluding carboxylic acids is 3. The lowest BCUT2D eigenvalue weighted by Gasteiger charge is -2.17. The molecular weight excluding hydrogens is 392 g/mol. The van der Waals surface area contributed by atoms with E-state index in [1.54, 1.807) is 18.2 Å². The fourth-order valence-corrected chi connectivity index (χ4v) is 3.37. The second-order valence-electron chi connectivity index (χ2n) is 7.24. The molecule has 2 amide bonds. The molecule has 1 atom stereocenters. The fourth-order valence-electron chi connectivity index (χ4n) is 3.19. The number of nitrogens with zero attached hydrogens (tertiary/aromatic N) is 1. The monoisotopic (exact) mass is 414 g/mol. The summed E-state index contributed by atoms with van der Waals surface area (Å²) in [5.74, 6) is -1.77. The van der Waals surface area contributed by atoms with Gasteiger partial charge in [0.1, 0.15) is 0 Å². The number of amides is 2. The van der Waals surface area contributed by atoms with Gasteiger partial charge in [-0.2, -0.15) is 0 Å². The molecule has 0 saturated carbocycles. The Kier molecular flexibility index (Phi) is 6.23. The quantitative estimate of drug-likeness (QED) is 0.755. The summed E-state index contributed by atoms with van der Waals surface area (Å²) >= 11 is 6.14. The highest BCUT2D eigenvalue weighted by atomic mass is 35.5. The van der Waals surface area contributed by atoms with Gasteiger partial charge in [0.2, 0.25) is 5.91 Å². The topological polar surface area (TPSA) is 75.7 Å². The number of benzene rings is 2. The summed E-state index contributed by atoms with van der Waals surface area (Å²) < 4.78 is 5.15. The van der Waals surface area contributed by atoms with Crippen LogP contribution in [0.1, 0.15) is 23.1 Å². The van der Waals surface area contributed by atoms with Crippen molar-refractivity contribution in [2.75, 3.05) is 23.4 Å². The van der Waals surface area contributed by atoms with Gasteiger partial charge < -0.3 is 15.0 Å². The van der Waals surface area contributed by atoms with E-state index in [-0.39, 0.29) is 18.9 Å². The molecule has 1 aliphatic heterocycles. The van der Waals surface area contributed by atoms with E-state index < -0.39 is 24.4 Å². The molecular formula is C22H23ClN2O4. The average Bonchev–Trinajstić information content (AvgIpc) is 3.07. The van der Waals surface area contributed by atoms with E-state index in [0.717, 1.165) is 16.7 Å². The minimum absolute atomic E-state index is 0.0446. The van der Waals surface area contributed by atoms with Crippen LogP contribution in [0.25, 0.3) is 0 Å². The van der Waals surface area contributed by atoms with E-state index in [1.165, 1.54) is 4.90 Å². The summed E-state index contributed by atoms with van der Waals surface area (Å²) in [6.07, 6.45) is 0.0446. The second-order valence-corrected chi connectivity index (χ2v) is 7.65. The Labute approximate surface area is 174 Å². The maximum absolute atomic E-state index is 12.4. The van der Waals surface area contributed by atoms with Gasteiger partial charge in [-0.1, -0.05) is 29.8 Å². The lowest BCUT2D eigenvalue weighted by Crippen LogP contribution is -2.28. The van der Waals surface area contributed by atoms with Crippen molar-refractivity contribution in [1.29, 1.82) is 0 Å². The summed E-state index contributed by atoms with van der Waals surface area (Å²) in [6.45, 7) is 5.55. The molecule has 0 radical (unpaired) electrons. The van der Waals surface area contributed by atoms with Gasteiger partial charge in [-0.15, -0.1) is 0 Å². The van der Waals surface area contributed by atoms with Crippen LogP contribution in [0, 0.1) is 26.7 Å². The first kappa shape index (κ1) is 20.9. The van der Waals surface area contributed by atoms with Crippen molar-refractivity contribution in [3.63, 3.8) is 0 Å². The largest absolute Gasteiger partial charge is 0.455 e. The van der Waals surface area contributed by atoms with Crippen LogP contribution in [0.3, 0.4) is 0 Å². The van der Waals surface area contributed by atoms with Crippen LogP contribution in [0.15, 0.2) is 36.4 Å². The molecule has 0 spiro atoms. The first-order chi connectivity index (χ1) is 13.8. The van der Waals surface area contributed by atoms with Gasteiger partial charge in [-0.3, -0.25) is 14.4 Å². The third-order valence-corrected chi connectivity index (χ3v) is 5.56. The van der Waals surface area contributed by atoms with E-state index >= 15 is 0 Å². The number of ether oxygens (including phenoxy) is 1. The smallest absolute Gasteiger partial charge is 0.311 e. The molecule has 0 aromatic heterocycles. The molecule has 7 heteroatoms. The summed E-state index contributed by atoms with van der Waals surface area (Å²) in [6, 6.07) is 10.9. The van der Waals surface area contributed by atoms with Gasteiger partial charge in [-0.25, -0.2) is 0 Å². The zero-order chi connectivity index (χ0) is 21.1. The molecule has 1 heterocycles. The molecule has 2 aromatic carbocycles. The van der Waals surface area contributed by atoms with Crippen molar-refractivity contribution in [2.45, 2.75) is 27.2 Å². The highest BCUT2D eigenvalue weighted by Gasteiger charge is 2.36. The first-order valence-electron chi connectivity index (χ1n) is 9.35. The minimum Gasteiger partial charge on any atom is -0.455 e. The predicted molar refractivity (Wildman–Crippen MR) is 112 cm³/mol. The number of carbonyl (C=O) groups is 3. The molecule has 3 rings (SSSR count). The van der Waals surface area contributed by atoms with Gasteiger partial charge in [0.15, 0.2) is 6.61 Å². The summed E-state index contributed by atoms with van der Waals surface area (Å²) in [4.78, 5) is 38.3. The third-order valence-electron chi connectivity index (χ3n) is 5.15. The van der Waals surface area contributed by atoms with Gasteiger partial charge in [0.25, 0.3) is 5.91 Å². The molecule has 6 nitrogen and oxygen atoms in total. The average molecular weight is 415 g/mol. The Morgan fingerprint density at radius 2 is 1.93 bits per heavy atom. The number of anilines is 2. The second kappa shape index (κ2) is 8.66. The zero-order valence-corrected chi connectivity index (χ0v) is 17.4. The van der Waals surface area contributed by atoms with Crippen molar-refractivity contribution in [2.24, 2.45) is 5.92 Å². The van der Waals surface area contributed by atoms with Crippen LogP contribution in [0.4, 0.5) is 11.4 Å². The maximum Gasteiger partial charge on any atom is 0.311 e. The maximum atomic E-state index is 12.4. The normalized spacial score (nSPS) is 16.1. The molecule has 29 heavy (non-hydrogen) atoms. The molecule has 1 aliphatic rings. The standard InChI is InChI=1S/C22H23ClN2O4/c1-13-5-4-6-19(15(13)3)24-20(26)12-29-22(28)16-9-21(27)25(11-16)17-8-7-14(2)18(23)10-17/h4-8,10,16H,9,11-12H2,1-3H3,(H,24,26)/t16-/m1/s1. The molecule has 2 aromatic rings. The molecule has 1 N–H and O–H groups in total. The van der Waals surface area contributed by atoms with E-state index in [2.05, 4.69) is 5.32 Å². The van der Waals surface area contributed by atoms with Crippen LogP contribution in [-0.2, 0) is 19.1 Å².